The van der Waals surface area contributed by atoms with E-state index in [0.29, 0.717) is 11.3 Å². The zero-order chi connectivity index (χ0) is 15.5. The number of anilines is 1. The van der Waals surface area contributed by atoms with Gasteiger partial charge in [0.25, 0.3) is 0 Å². The topological polar surface area (TPSA) is 100 Å². The summed E-state index contributed by atoms with van der Waals surface area (Å²) < 4.78 is 26.2. The molecule has 0 saturated carbocycles. The van der Waals surface area contributed by atoms with Crippen LogP contribution < -0.4 is 5.73 Å². The number of hydrogen-bond acceptors (Lipinski definition) is 5. The van der Waals surface area contributed by atoms with Gasteiger partial charge < -0.3 is 5.73 Å². The van der Waals surface area contributed by atoms with Crippen molar-refractivity contribution in [3.63, 3.8) is 0 Å². The fourth-order valence-electron chi connectivity index (χ4n) is 1.85. The third-order valence-electron chi connectivity index (χ3n) is 3.01. The molecule has 21 heavy (non-hydrogen) atoms. The van der Waals surface area contributed by atoms with Crippen LogP contribution in [0, 0.1) is 11.3 Å². The van der Waals surface area contributed by atoms with Crippen LogP contribution in [0.15, 0.2) is 47.5 Å². The van der Waals surface area contributed by atoms with Crippen molar-refractivity contribution in [1.82, 2.24) is 9.29 Å². The van der Waals surface area contributed by atoms with Gasteiger partial charge in [-0.05, 0) is 23.8 Å². The minimum absolute atomic E-state index is 0.107. The van der Waals surface area contributed by atoms with Crippen molar-refractivity contribution in [3.8, 4) is 6.07 Å². The van der Waals surface area contributed by atoms with Crippen LogP contribution in [-0.4, -0.2) is 24.8 Å². The van der Waals surface area contributed by atoms with E-state index in [1.165, 1.54) is 25.4 Å². The molecule has 6 nitrogen and oxygen atoms in total. The van der Waals surface area contributed by atoms with Gasteiger partial charge in [0, 0.05) is 25.5 Å². The lowest BCUT2D eigenvalue weighted by molar-refractivity contribution is 0.467. The lowest BCUT2D eigenvalue weighted by Crippen LogP contribution is -2.27. The molecule has 1 heterocycles. The summed E-state index contributed by atoms with van der Waals surface area (Å²) in [4.78, 5) is 3.67. The predicted octanol–water partition coefficient (Wildman–Crippen LogP) is 1.36. The smallest absolute Gasteiger partial charge is 0.246 e. The molecule has 0 fully saturated rings. The van der Waals surface area contributed by atoms with Crippen LogP contribution >= 0.6 is 0 Å². The number of hydrogen-bond donors (Lipinski definition) is 1. The van der Waals surface area contributed by atoms with Crippen LogP contribution in [0.5, 0.6) is 0 Å². The Morgan fingerprint density at radius 1 is 1.29 bits per heavy atom. The number of pyridine rings is 1. The number of nitriles is 1. The van der Waals surface area contributed by atoms with E-state index < -0.39 is 10.0 Å². The van der Waals surface area contributed by atoms with Crippen molar-refractivity contribution in [3.05, 3.63) is 53.9 Å². The average molecular weight is 302 g/mol. The monoisotopic (exact) mass is 302 g/mol. The van der Waals surface area contributed by atoms with Gasteiger partial charge in [0.15, 0.2) is 5.69 Å². The van der Waals surface area contributed by atoms with E-state index >= 15 is 0 Å². The van der Waals surface area contributed by atoms with E-state index in [4.69, 9.17) is 11.0 Å². The van der Waals surface area contributed by atoms with Crippen molar-refractivity contribution in [1.29, 1.82) is 5.26 Å². The maximum Gasteiger partial charge on any atom is 0.246 e. The van der Waals surface area contributed by atoms with Crippen LogP contribution in [0.4, 0.5) is 5.69 Å². The molecule has 0 radical (unpaired) electrons. The van der Waals surface area contributed by atoms with Gasteiger partial charge in [0.1, 0.15) is 11.0 Å². The number of nitrogens with two attached hydrogens (primary N) is 1. The average Bonchev–Trinajstić information content (AvgIpc) is 2.49. The van der Waals surface area contributed by atoms with Crippen LogP contribution in [-0.2, 0) is 16.6 Å². The summed E-state index contributed by atoms with van der Waals surface area (Å²) in [6.45, 7) is 0.120. The molecule has 0 aliphatic carbocycles. The predicted molar refractivity (Wildman–Crippen MR) is 78.5 cm³/mol. The quantitative estimate of drug-likeness (QED) is 0.859. The lowest BCUT2D eigenvalue weighted by atomic mass is 10.2. The first-order valence-corrected chi connectivity index (χ1v) is 7.55. The highest BCUT2D eigenvalue weighted by atomic mass is 32.2. The lowest BCUT2D eigenvalue weighted by Gasteiger charge is -2.18. The minimum atomic E-state index is -3.80. The van der Waals surface area contributed by atoms with E-state index in [1.54, 1.807) is 30.3 Å². The third-order valence-corrected chi connectivity index (χ3v) is 4.85. The van der Waals surface area contributed by atoms with Gasteiger partial charge in [-0.2, -0.15) is 9.57 Å². The molecule has 0 amide bonds. The van der Waals surface area contributed by atoms with Crippen molar-refractivity contribution < 1.29 is 8.42 Å². The maximum atomic E-state index is 12.5. The molecule has 0 aliphatic rings. The number of aromatic nitrogens is 1. The summed E-state index contributed by atoms with van der Waals surface area (Å²) in [6, 6.07) is 11.7. The fraction of sp³-hybridized carbons (Fsp3) is 0.143. The molecular weight excluding hydrogens is 288 g/mol. The highest BCUT2D eigenvalue weighted by molar-refractivity contribution is 7.89. The summed E-state index contributed by atoms with van der Waals surface area (Å²) >= 11 is 0. The van der Waals surface area contributed by atoms with Gasteiger partial charge in [0.05, 0.1) is 0 Å². The van der Waals surface area contributed by atoms with Crippen LogP contribution in [0.25, 0.3) is 0 Å². The zero-order valence-electron chi connectivity index (χ0n) is 11.4. The molecule has 0 bridgehead atoms. The molecule has 1 aromatic heterocycles. The van der Waals surface area contributed by atoms with Crippen LogP contribution in [0.1, 0.15) is 11.3 Å². The van der Waals surface area contributed by atoms with Crippen LogP contribution in [0.2, 0.25) is 0 Å². The summed E-state index contributed by atoms with van der Waals surface area (Å²) in [6.07, 6.45) is 1.38. The zero-order valence-corrected chi connectivity index (χ0v) is 12.2. The normalized spacial score (nSPS) is 11.3. The Kier molecular flexibility index (Phi) is 4.21. The second kappa shape index (κ2) is 5.91. The molecule has 2 aromatic rings. The first kappa shape index (κ1) is 15.0. The SMILES string of the molecule is CN(Cc1ccccc1N)S(=O)(=O)c1cccnc1C#N. The van der Waals surface area contributed by atoms with Gasteiger partial charge >= 0.3 is 0 Å². The van der Waals surface area contributed by atoms with Crippen LogP contribution in [0.3, 0.4) is 0 Å². The molecule has 2 rings (SSSR count). The molecule has 7 heteroatoms. The summed E-state index contributed by atoms with van der Waals surface area (Å²) in [7, 11) is -2.36. The minimum Gasteiger partial charge on any atom is -0.398 e. The fourth-order valence-corrected chi connectivity index (χ4v) is 3.09. The number of rotatable bonds is 4. The number of nitrogen functional groups attached to an aromatic ring is 1. The molecule has 0 spiro atoms. The summed E-state index contributed by atoms with van der Waals surface area (Å²) in [5.74, 6) is 0. The Morgan fingerprint density at radius 2 is 2.00 bits per heavy atom. The first-order valence-electron chi connectivity index (χ1n) is 6.11. The Morgan fingerprint density at radius 3 is 2.67 bits per heavy atom. The van der Waals surface area contributed by atoms with E-state index in [-0.39, 0.29) is 17.1 Å². The van der Waals surface area contributed by atoms with Gasteiger partial charge in [-0.25, -0.2) is 13.4 Å². The molecule has 0 aliphatic heterocycles. The summed E-state index contributed by atoms with van der Waals surface area (Å²) in [5, 5.41) is 8.98. The van der Waals surface area contributed by atoms with Crippen molar-refractivity contribution >= 4 is 15.7 Å². The van der Waals surface area contributed by atoms with E-state index in [0.717, 1.165) is 4.31 Å². The molecular formula is C14H14N4O2S. The van der Waals surface area contributed by atoms with Crippen molar-refractivity contribution in [2.24, 2.45) is 0 Å². The molecule has 0 saturated heterocycles. The Balaban J connectivity index is 2.36. The first-order chi connectivity index (χ1) is 9.96. The molecule has 1 aromatic carbocycles. The third kappa shape index (κ3) is 3.02. The van der Waals surface area contributed by atoms with E-state index in [1.807, 2.05) is 0 Å². The number of para-hydroxylation sites is 1. The van der Waals surface area contributed by atoms with E-state index in [9.17, 15) is 8.42 Å². The number of nitrogens with zero attached hydrogens (tertiary/aromatic N) is 3. The Bertz CT molecular complexity index is 797. The highest BCUT2D eigenvalue weighted by Gasteiger charge is 2.25. The highest BCUT2D eigenvalue weighted by Crippen LogP contribution is 2.20. The second-order valence-electron chi connectivity index (χ2n) is 4.42. The van der Waals surface area contributed by atoms with Crippen molar-refractivity contribution in [2.75, 3.05) is 12.8 Å². The molecule has 2 N–H and O–H groups in total. The summed E-state index contributed by atoms with van der Waals surface area (Å²) in [5.41, 5.74) is 6.92. The number of benzene rings is 1. The maximum absolute atomic E-state index is 12.5. The Hall–Kier alpha value is -2.43. The van der Waals surface area contributed by atoms with Gasteiger partial charge in [0.2, 0.25) is 10.0 Å². The molecule has 108 valence electrons. The largest absolute Gasteiger partial charge is 0.398 e. The standard InChI is InChI=1S/C14H14N4O2S/c1-18(10-11-5-2-3-6-12(11)16)21(19,20)14-7-4-8-17-13(14)9-15/h2-8H,10,16H2,1H3. The van der Waals surface area contributed by atoms with Gasteiger partial charge in [-0.1, -0.05) is 18.2 Å². The Labute approximate surface area is 123 Å². The second-order valence-corrected chi connectivity index (χ2v) is 6.44. The molecule has 0 atom stereocenters. The van der Waals surface area contributed by atoms with Gasteiger partial charge in [-0.15, -0.1) is 0 Å². The van der Waals surface area contributed by atoms with Gasteiger partial charge in [-0.3, -0.25) is 0 Å². The van der Waals surface area contributed by atoms with Crippen molar-refractivity contribution in [2.45, 2.75) is 11.4 Å². The molecule has 0 unspecified atom stereocenters. The number of sulfonamides is 1. The van der Waals surface area contributed by atoms with E-state index in [2.05, 4.69) is 4.98 Å².